The highest BCUT2D eigenvalue weighted by atomic mass is 32.2. The second-order valence-electron chi connectivity index (χ2n) is 7.99. The molecule has 6 heteroatoms. The van der Waals surface area contributed by atoms with Crippen LogP contribution in [-0.2, 0) is 11.5 Å². The summed E-state index contributed by atoms with van der Waals surface area (Å²) in [6, 6.07) is 26.5. The molecule has 0 atom stereocenters. The predicted molar refractivity (Wildman–Crippen MR) is 138 cm³/mol. The van der Waals surface area contributed by atoms with E-state index in [0.29, 0.717) is 11.3 Å². The van der Waals surface area contributed by atoms with Gasteiger partial charge in [0.05, 0.1) is 11.9 Å². The van der Waals surface area contributed by atoms with Crippen molar-refractivity contribution < 1.29 is 9.18 Å². The highest BCUT2D eigenvalue weighted by Gasteiger charge is 2.12. The molecule has 34 heavy (non-hydrogen) atoms. The van der Waals surface area contributed by atoms with Gasteiger partial charge in [0.2, 0.25) is 0 Å². The minimum absolute atomic E-state index is 0.275. The first-order valence-corrected chi connectivity index (χ1v) is 12.2. The molecule has 0 bridgehead atoms. The van der Waals surface area contributed by atoms with Crippen LogP contribution in [0.1, 0.15) is 38.4 Å². The van der Waals surface area contributed by atoms with Crippen molar-refractivity contribution in [3.05, 3.63) is 124 Å². The molecule has 1 heterocycles. The van der Waals surface area contributed by atoms with Crippen LogP contribution in [0.5, 0.6) is 0 Å². The Balaban J connectivity index is 1.34. The number of halogens is 1. The van der Waals surface area contributed by atoms with Crippen molar-refractivity contribution in [2.24, 2.45) is 5.10 Å². The van der Waals surface area contributed by atoms with Crippen molar-refractivity contribution >= 4 is 23.9 Å². The maximum absolute atomic E-state index is 14.3. The van der Waals surface area contributed by atoms with Gasteiger partial charge in [-0.25, -0.2) is 9.82 Å². The van der Waals surface area contributed by atoms with E-state index in [1.807, 2.05) is 78.7 Å². The molecule has 0 aliphatic heterocycles. The van der Waals surface area contributed by atoms with Gasteiger partial charge in [-0.3, -0.25) is 4.79 Å². The molecule has 0 unspecified atom stereocenters. The van der Waals surface area contributed by atoms with Crippen molar-refractivity contribution in [1.29, 1.82) is 0 Å². The highest BCUT2D eigenvalue weighted by molar-refractivity contribution is 7.97. The van der Waals surface area contributed by atoms with Gasteiger partial charge in [-0.2, -0.15) is 16.9 Å². The SMILES string of the molecule is Cc1cc(/C=N\NC(=O)c2ccc(CSCc3ccccc3)cc2)c(C)n1-c1ccccc1F. The molecule has 3 aromatic carbocycles. The average Bonchev–Trinajstić information content (AvgIpc) is 3.13. The van der Waals surface area contributed by atoms with Crippen LogP contribution in [0.2, 0.25) is 0 Å². The first-order chi connectivity index (χ1) is 16.5. The maximum atomic E-state index is 14.3. The molecule has 0 saturated carbocycles. The lowest BCUT2D eigenvalue weighted by Gasteiger charge is -2.10. The molecule has 0 aliphatic carbocycles. The molecule has 4 rings (SSSR count). The number of hydrazone groups is 1. The number of hydrogen-bond donors (Lipinski definition) is 1. The molecule has 0 aliphatic rings. The normalized spacial score (nSPS) is 11.1. The number of carbonyl (C=O) groups excluding carboxylic acids is 1. The standard InChI is InChI=1S/C28H26FN3OS/c1-20-16-25(21(2)32(20)27-11-7-6-10-26(27)29)17-30-31-28(33)24-14-12-23(13-15-24)19-34-18-22-8-4-3-5-9-22/h3-17H,18-19H2,1-2H3,(H,31,33)/b30-17-. The van der Waals surface area contributed by atoms with Gasteiger partial charge in [0, 0.05) is 34.0 Å². The van der Waals surface area contributed by atoms with Crippen LogP contribution in [0, 0.1) is 19.7 Å². The molecule has 172 valence electrons. The Morgan fingerprint density at radius 1 is 0.941 bits per heavy atom. The Morgan fingerprint density at radius 2 is 1.59 bits per heavy atom. The first kappa shape index (κ1) is 23.5. The molecule has 0 saturated heterocycles. The summed E-state index contributed by atoms with van der Waals surface area (Å²) >= 11 is 1.84. The molecule has 1 N–H and O–H groups in total. The lowest BCUT2D eigenvalue weighted by Crippen LogP contribution is -2.17. The summed E-state index contributed by atoms with van der Waals surface area (Å²) in [6.07, 6.45) is 1.59. The van der Waals surface area contributed by atoms with Crippen LogP contribution in [-0.4, -0.2) is 16.7 Å². The number of nitrogens with one attached hydrogen (secondary N) is 1. The Bertz CT molecular complexity index is 1300. The van der Waals surface area contributed by atoms with E-state index in [-0.39, 0.29) is 11.7 Å². The second kappa shape index (κ2) is 11.0. The van der Waals surface area contributed by atoms with Crippen molar-refractivity contribution in [2.45, 2.75) is 25.4 Å². The zero-order valence-electron chi connectivity index (χ0n) is 19.2. The number of benzene rings is 3. The van der Waals surface area contributed by atoms with E-state index in [1.165, 1.54) is 17.2 Å². The molecule has 1 aromatic heterocycles. The lowest BCUT2D eigenvalue weighted by molar-refractivity contribution is 0.0955. The molecule has 0 spiro atoms. The van der Waals surface area contributed by atoms with Gasteiger partial charge in [0.25, 0.3) is 5.91 Å². The molecule has 0 radical (unpaired) electrons. The third-order valence-electron chi connectivity index (χ3n) is 5.53. The largest absolute Gasteiger partial charge is 0.315 e. The van der Waals surface area contributed by atoms with Crippen LogP contribution >= 0.6 is 11.8 Å². The molecular weight excluding hydrogens is 445 g/mol. The Morgan fingerprint density at radius 3 is 2.29 bits per heavy atom. The van der Waals surface area contributed by atoms with Gasteiger partial charge in [-0.15, -0.1) is 0 Å². The zero-order chi connectivity index (χ0) is 23.9. The van der Waals surface area contributed by atoms with Crippen LogP contribution < -0.4 is 5.43 Å². The number of aryl methyl sites for hydroxylation is 1. The Labute approximate surface area is 203 Å². The number of aromatic nitrogens is 1. The Hall–Kier alpha value is -3.64. The van der Waals surface area contributed by atoms with Crippen molar-refractivity contribution in [3.8, 4) is 5.69 Å². The molecule has 4 nitrogen and oxygen atoms in total. The zero-order valence-corrected chi connectivity index (χ0v) is 20.0. The number of carbonyl (C=O) groups is 1. The number of para-hydroxylation sites is 1. The fourth-order valence-corrected chi connectivity index (χ4v) is 4.72. The van der Waals surface area contributed by atoms with Crippen LogP contribution in [0.4, 0.5) is 4.39 Å². The number of nitrogens with zero attached hydrogens (tertiary/aromatic N) is 2. The number of hydrogen-bond acceptors (Lipinski definition) is 3. The summed E-state index contributed by atoms with van der Waals surface area (Å²) in [6.45, 7) is 3.81. The fraction of sp³-hybridized carbons (Fsp3) is 0.143. The third kappa shape index (κ3) is 5.64. The second-order valence-corrected chi connectivity index (χ2v) is 8.97. The van der Waals surface area contributed by atoms with E-state index in [4.69, 9.17) is 0 Å². The summed E-state index contributed by atoms with van der Waals surface area (Å²) in [5.41, 5.74) is 8.63. The third-order valence-corrected chi connectivity index (χ3v) is 6.60. The minimum atomic E-state index is -0.289. The van der Waals surface area contributed by atoms with E-state index < -0.39 is 0 Å². The quantitative estimate of drug-likeness (QED) is 0.238. The van der Waals surface area contributed by atoms with Crippen molar-refractivity contribution in [1.82, 2.24) is 9.99 Å². The van der Waals surface area contributed by atoms with Crippen LogP contribution in [0.25, 0.3) is 5.69 Å². The monoisotopic (exact) mass is 471 g/mol. The summed E-state index contributed by atoms with van der Waals surface area (Å²) in [5.74, 6) is 1.27. The maximum Gasteiger partial charge on any atom is 0.271 e. The van der Waals surface area contributed by atoms with Crippen LogP contribution in [0.15, 0.2) is 90.0 Å². The molecular formula is C28H26FN3OS. The molecule has 1 amide bonds. The van der Waals surface area contributed by atoms with Crippen molar-refractivity contribution in [3.63, 3.8) is 0 Å². The molecule has 0 fully saturated rings. The fourth-order valence-electron chi connectivity index (χ4n) is 3.76. The minimum Gasteiger partial charge on any atom is -0.315 e. The Kier molecular flexibility index (Phi) is 7.60. The highest BCUT2D eigenvalue weighted by Crippen LogP contribution is 2.22. The topological polar surface area (TPSA) is 46.4 Å². The van der Waals surface area contributed by atoms with Crippen molar-refractivity contribution in [2.75, 3.05) is 0 Å². The summed E-state index contributed by atoms with van der Waals surface area (Å²) in [7, 11) is 0. The number of amides is 1. The summed E-state index contributed by atoms with van der Waals surface area (Å²) < 4.78 is 16.1. The van der Waals surface area contributed by atoms with Gasteiger partial charge < -0.3 is 4.57 Å². The van der Waals surface area contributed by atoms with Gasteiger partial charge in [0.1, 0.15) is 5.82 Å². The van der Waals surface area contributed by atoms with Gasteiger partial charge in [0.15, 0.2) is 0 Å². The first-order valence-electron chi connectivity index (χ1n) is 11.0. The van der Waals surface area contributed by atoms with Gasteiger partial charge >= 0.3 is 0 Å². The number of rotatable bonds is 8. The van der Waals surface area contributed by atoms with Crippen LogP contribution in [0.3, 0.4) is 0 Å². The number of thioether (sulfide) groups is 1. The van der Waals surface area contributed by atoms with Gasteiger partial charge in [-0.1, -0.05) is 54.6 Å². The van der Waals surface area contributed by atoms with E-state index >= 15 is 0 Å². The van der Waals surface area contributed by atoms with E-state index in [1.54, 1.807) is 24.4 Å². The van der Waals surface area contributed by atoms with Gasteiger partial charge in [-0.05, 0) is 55.3 Å². The lowest BCUT2D eigenvalue weighted by atomic mass is 10.1. The molecule has 4 aromatic rings. The average molecular weight is 472 g/mol. The smallest absolute Gasteiger partial charge is 0.271 e. The summed E-state index contributed by atoms with van der Waals surface area (Å²) in [5, 5.41) is 4.12. The summed E-state index contributed by atoms with van der Waals surface area (Å²) in [4.78, 5) is 12.5. The van der Waals surface area contributed by atoms with E-state index in [2.05, 4.69) is 22.7 Å². The van der Waals surface area contributed by atoms with E-state index in [9.17, 15) is 9.18 Å². The predicted octanol–water partition coefficient (Wildman–Crippen LogP) is 6.43. The van der Waals surface area contributed by atoms with E-state index in [0.717, 1.165) is 28.5 Å².